The predicted octanol–water partition coefficient (Wildman–Crippen LogP) is 4.07. The fourth-order valence-electron chi connectivity index (χ4n) is 2.23. The van der Waals surface area contributed by atoms with E-state index in [0.29, 0.717) is 0 Å². The van der Waals surface area contributed by atoms with Crippen molar-refractivity contribution in [3.63, 3.8) is 0 Å². The topological polar surface area (TPSA) is 18.5 Å². The molecular formula is C17H22O2Si. The second-order valence-electron chi connectivity index (χ2n) is 4.79. The van der Waals surface area contributed by atoms with Crippen LogP contribution in [-0.4, -0.2) is 16.4 Å². The zero-order chi connectivity index (χ0) is 14.2. The molecule has 1 atom stereocenters. The molecule has 2 nitrogen and oxygen atoms in total. The highest BCUT2D eigenvalue weighted by Gasteiger charge is 2.20. The maximum absolute atomic E-state index is 6.33. The van der Waals surface area contributed by atoms with E-state index in [-0.39, 0.29) is 6.10 Å². The van der Waals surface area contributed by atoms with Crippen LogP contribution in [0, 0.1) is 0 Å². The molecule has 2 aromatic rings. The summed E-state index contributed by atoms with van der Waals surface area (Å²) in [6.45, 7) is 2.17. The van der Waals surface area contributed by atoms with Crippen molar-refractivity contribution in [2.75, 3.05) is 7.11 Å². The molecule has 3 heteroatoms. The van der Waals surface area contributed by atoms with Gasteiger partial charge in [-0.05, 0) is 17.2 Å². The molecule has 0 heterocycles. The molecule has 20 heavy (non-hydrogen) atoms. The van der Waals surface area contributed by atoms with Crippen LogP contribution in [0.4, 0.5) is 0 Å². The van der Waals surface area contributed by atoms with E-state index in [4.69, 9.17) is 8.85 Å². The maximum Gasteiger partial charge on any atom is 0.321 e. The van der Waals surface area contributed by atoms with E-state index in [0.717, 1.165) is 12.5 Å². The first kappa shape index (κ1) is 15.0. The SMILES string of the molecule is CCC[SiH](OC)OC(c1ccccc1)c1ccccc1. The molecule has 0 aliphatic carbocycles. The molecule has 0 fully saturated rings. The number of benzene rings is 2. The summed E-state index contributed by atoms with van der Waals surface area (Å²) in [6.07, 6.45) is 1.07. The van der Waals surface area contributed by atoms with Gasteiger partial charge in [-0.2, -0.15) is 0 Å². The lowest BCUT2D eigenvalue weighted by molar-refractivity contribution is 0.181. The average Bonchev–Trinajstić information content (AvgIpc) is 2.53. The fourth-order valence-corrected chi connectivity index (χ4v) is 3.81. The first-order chi connectivity index (χ1) is 9.85. The molecular weight excluding hydrogens is 264 g/mol. The molecule has 0 N–H and O–H groups in total. The second-order valence-corrected chi connectivity index (χ2v) is 6.97. The first-order valence-corrected chi connectivity index (χ1v) is 8.89. The zero-order valence-electron chi connectivity index (χ0n) is 12.2. The Morgan fingerprint density at radius 2 is 1.40 bits per heavy atom. The molecule has 0 radical (unpaired) electrons. The molecule has 0 aliphatic rings. The zero-order valence-corrected chi connectivity index (χ0v) is 13.3. The maximum atomic E-state index is 6.33. The second kappa shape index (κ2) is 8.00. The van der Waals surface area contributed by atoms with Gasteiger partial charge < -0.3 is 8.85 Å². The van der Waals surface area contributed by atoms with E-state index in [1.54, 1.807) is 7.11 Å². The minimum atomic E-state index is -1.61. The van der Waals surface area contributed by atoms with Gasteiger partial charge in [-0.25, -0.2) is 0 Å². The minimum Gasteiger partial charge on any atom is -0.400 e. The third-order valence-electron chi connectivity index (χ3n) is 3.28. The number of rotatable bonds is 7. The molecule has 0 saturated carbocycles. The highest BCUT2D eigenvalue weighted by Crippen LogP contribution is 2.27. The summed E-state index contributed by atoms with van der Waals surface area (Å²) >= 11 is 0. The Bertz CT molecular complexity index is 447. The quantitative estimate of drug-likeness (QED) is 0.714. The Hall–Kier alpha value is -1.42. The van der Waals surface area contributed by atoms with Gasteiger partial charge in [-0.1, -0.05) is 74.0 Å². The standard InChI is InChI=1S/C17H22O2Si/c1-3-14-20(18-2)19-17(15-10-6-4-7-11-15)16-12-8-5-9-13-16/h4-13,17,20H,3,14H2,1-2H3. The predicted molar refractivity (Wildman–Crippen MR) is 85.1 cm³/mol. The minimum absolute atomic E-state index is 0.0273. The highest BCUT2D eigenvalue weighted by atomic mass is 28.3. The Kier molecular flexibility index (Phi) is 5.99. The Morgan fingerprint density at radius 3 is 1.80 bits per heavy atom. The van der Waals surface area contributed by atoms with Gasteiger partial charge in [0.1, 0.15) is 0 Å². The van der Waals surface area contributed by atoms with Crippen LogP contribution < -0.4 is 0 Å². The third kappa shape index (κ3) is 4.03. The van der Waals surface area contributed by atoms with E-state index in [2.05, 4.69) is 55.5 Å². The van der Waals surface area contributed by atoms with E-state index < -0.39 is 9.28 Å². The van der Waals surface area contributed by atoms with Crippen LogP contribution in [0.1, 0.15) is 30.6 Å². The van der Waals surface area contributed by atoms with Gasteiger partial charge >= 0.3 is 9.28 Å². The largest absolute Gasteiger partial charge is 0.400 e. The van der Waals surface area contributed by atoms with Gasteiger partial charge in [0, 0.05) is 7.11 Å². The summed E-state index contributed by atoms with van der Waals surface area (Å²) < 4.78 is 11.9. The lowest BCUT2D eigenvalue weighted by Crippen LogP contribution is -2.24. The van der Waals surface area contributed by atoms with Gasteiger partial charge in [0.15, 0.2) is 0 Å². The molecule has 0 aromatic heterocycles. The monoisotopic (exact) mass is 286 g/mol. The van der Waals surface area contributed by atoms with Crippen molar-refractivity contribution in [2.45, 2.75) is 25.5 Å². The van der Waals surface area contributed by atoms with Crippen LogP contribution in [0.5, 0.6) is 0 Å². The molecule has 1 unspecified atom stereocenters. The highest BCUT2D eigenvalue weighted by molar-refractivity contribution is 6.44. The summed E-state index contributed by atoms with van der Waals surface area (Å²) in [6, 6.07) is 21.8. The summed E-state index contributed by atoms with van der Waals surface area (Å²) in [5.41, 5.74) is 2.37. The van der Waals surface area contributed by atoms with Crippen molar-refractivity contribution >= 4 is 9.28 Å². The Labute approximate surface area is 123 Å². The van der Waals surface area contributed by atoms with Gasteiger partial charge in [0.25, 0.3) is 0 Å². The average molecular weight is 286 g/mol. The van der Waals surface area contributed by atoms with E-state index in [1.807, 2.05) is 12.1 Å². The van der Waals surface area contributed by atoms with Gasteiger partial charge in [0.2, 0.25) is 0 Å². The molecule has 0 bridgehead atoms. The number of hydrogen-bond acceptors (Lipinski definition) is 2. The summed E-state index contributed by atoms with van der Waals surface area (Å²) in [5.74, 6) is 0. The molecule has 0 saturated heterocycles. The van der Waals surface area contributed by atoms with E-state index in [9.17, 15) is 0 Å². The van der Waals surface area contributed by atoms with Crippen molar-refractivity contribution in [3.05, 3.63) is 71.8 Å². The molecule has 2 aromatic carbocycles. The molecule has 2 rings (SSSR count). The van der Waals surface area contributed by atoms with Crippen LogP contribution in [0.2, 0.25) is 6.04 Å². The van der Waals surface area contributed by atoms with Crippen LogP contribution in [0.25, 0.3) is 0 Å². The normalized spacial score (nSPS) is 12.6. The van der Waals surface area contributed by atoms with Crippen LogP contribution in [0.15, 0.2) is 60.7 Å². The summed E-state index contributed by atoms with van der Waals surface area (Å²) in [7, 11) is 0.153. The smallest absolute Gasteiger partial charge is 0.321 e. The van der Waals surface area contributed by atoms with Gasteiger partial charge in [0.05, 0.1) is 6.10 Å². The van der Waals surface area contributed by atoms with Crippen molar-refractivity contribution in [1.82, 2.24) is 0 Å². The van der Waals surface area contributed by atoms with Gasteiger partial charge in [-0.15, -0.1) is 0 Å². The van der Waals surface area contributed by atoms with Crippen molar-refractivity contribution in [2.24, 2.45) is 0 Å². The Morgan fingerprint density at radius 1 is 0.900 bits per heavy atom. The molecule has 0 aliphatic heterocycles. The first-order valence-electron chi connectivity index (χ1n) is 7.13. The van der Waals surface area contributed by atoms with Crippen LogP contribution >= 0.6 is 0 Å². The Balaban J connectivity index is 2.25. The number of hydrogen-bond donors (Lipinski definition) is 0. The fraction of sp³-hybridized carbons (Fsp3) is 0.294. The van der Waals surface area contributed by atoms with Crippen LogP contribution in [-0.2, 0) is 8.85 Å². The molecule has 0 spiro atoms. The lowest BCUT2D eigenvalue weighted by atomic mass is 10.0. The molecule has 0 amide bonds. The third-order valence-corrected chi connectivity index (χ3v) is 5.43. The molecule has 106 valence electrons. The van der Waals surface area contributed by atoms with Crippen molar-refractivity contribution in [3.8, 4) is 0 Å². The van der Waals surface area contributed by atoms with E-state index >= 15 is 0 Å². The van der Waals surface area contributed by atoms with Gasteiger partial charge in [-0.3, -0.25) is 0 Å². The summed E-state index contributed by atoms with van der Waals surface area (Å²) in [5, 5.41) is 0. The van der Waals surface area contributed by atoms with E-state index in [1.165, 1.54) is 11.1 Å². The van der Waals surface area contributed by atoms with Crippen LogP contribution in [0.3, 0.4) is 0 Å². The van der Waals surface area contributed by atoms with Crippen molar-refractivity contribution < 1.29 is 8.85 Å². The summed E-state index contributed by atoms with van der Waals surface area (Å²) in [4.78, 5) is 0. The lowest BCUT2D eigenvalue weighted by Gasteiger charge is -2.23. The van der Waals surface area contributed by atoms with Crippen molar-refractivity contribution in [1.29, 1.82) is 0 Å².